The molecule has 1 heteroatoms. The van der Waals surface area contributed by atoms with Gasteiger partial charge >= 0.3 is 0 Å². The minimum absolute atomic E-state index is 0.740. The Kier molecular flexibility index (Phi) is 2.94. The summed E-state index contributed by atoms with van der Waals surface area (Å²) in [4.78, 5) is 0. The standard InChI is InChI=1S/C10H21N/c1-4-9(11-3)5-6-10(2)7-8-10/h9,11H,4-8H2,1-3H3/t9-/m0/s1. The van der Waals surface area contributed by atoms with Crippen LogP contribution in [0.4, 0.5) is 0 Å². The minimum atomic E-state index is 0.740. The van der Waals surface area contributed by atoms with E-state index in [1.165, 1.54) is 32.1 Å². The van der Waals surface area contributed by atoms with Gasteiger partial charge in [0.2, 0.25) is 0 Å². The molecule has 0 amide bonds. The van der Waals surface area contributed by atoms with Gasteiger partial charge in [-0.25, -0.2) is 0 Å². The Morgan fingerprint density at radius 2 is 2.09 bits per heavy atom. The highest BCUT2D eigenvalue weighted by molar-refractivity contribution is 4.89. The molecule has 0 aromatic heterocycles. The molecule has 1 fully saturated rings. The molecular formula is C10H21N. The van der Waals surface area contributed by atoms with Gasteiger partial charge in [-0.3, -0.25) is 0 Å². The van der Waals surface area contributed by atoms with Crippen molar-refractivity contribution in [1.82, 2.24) is 5.32 Å². The molecule has 1 atom stereocenters. The van der Waals surface area contributed by atoms with Gasteiger partial charge in [0.15, 0.2) is 0 Å². The fraction of sp³-hybridized carbons (Fsp3) is 1.00. The second kappa shape index (κ2) is 3.57. The molecule has 1 N–H and O–H groups in total. The highest BCUT2D eigenvalue weighted by Crippen LogP contribution is 2.49. The maximum atomic E-state index is 3.35. The van der Waals surface area contributed by atoms with Crippen molar-refractivity contribution in [2.24, 2.45) is 5.41 Å². The first kappa shape index (κ1) is 9.05. The molecule has 1 nitrogen and oxygen atoms in total. The van der Waals surface area contributed by atoms with Crippen molar-refractivity contribution in [2.75, 3.05) is 7.05 Å². The summed E-state index contributed by atoms with van der Waals surface area (Å²) in [7, 11) is 2.07. The van der Waals surface area contributed by atoms with E-state index in [2.05, 4.69) is 26.2 Å². The summed E-state index contributed by atoms with van der Waals surface area (Å²) < 4.78 is 0. The largest absolute Gasteiger partial charge is 0.317 e. The molecule has 1 rings (SSSR count). The first-order valence-electron chi connectivity index (χ1n) is 4.87. The molecule has 0 saturated heterocycles. The summed E-state index contributed by atoms with van der Waals surface area (Å²) in [5, 5.41) is 3.35. The van der Waals surface area contributed by atoms with Crippen molar-refractivity contribution >= 4 is 0 Å². The van der Waals surface area contributed by atoms with Crippen LogP contribution in [0.25, 0.3) is 0 Å². The van der Waals surface area contributed by atoms with Gasteiger partial charge in [0.1, 0.15) is 0 Å². The van der Waals surface area contributed by atoms with Gasteiger partial charge in [0.05, 0.1) is 0 Å². The van der Waals surface area contributed by atoms with E-state index in [9.17, 15) is 0 Å². The monoisotopic (exact) mass is 155 g/mol. The van der Waals surface area contributed by atoms with E-state index in [0.29, 0.717) is 0 Å². The molecule has 0 aromatic carbocycles. The second-order valence-corrected chi connectivity index (χ2v) is 4.24. The Morgan fingerprint density at radius 3 is 2.45 bits per heavy atom. The van der Waals surface area contributed by atoms with E-state index in [1.807, 2.05) is 0 Å². The molecule has 0 unspecified atom stereocenters. The summed E-state index contributed by atoms with van der Waals surface area (Å²) in [5.74, 6) is 0. The van der Waals surface area contributed by atoms with Crippen molar-refractivity contribution in [3.63, 3.8) is 0 Å². The van der Waals surface area contributed by atoms with Crippen molar-refractivity contribution in [3.05, 3.63) is 0 Å². The first-order valence-corrected chi connectivity index (χ1v) is 4.87. The van der Waals surface area contributed by atoms with Gasteiger partial charge in [0.25, 0.3) is 0 Å². The third kappa shape index (κ3) is 2.82. The van der Waals surface area contributed by atoms with Crippen LogP contribution in [0, 0.1) is 5.41 Å². The highest BCUT2D eigenvalue weighted by Gasteiger charge is 2.36. The Bertz CT molecular complexity index is 112. The smallest absolute Gasteiger partial charge is 0.00616 e. The van der Waals surface area contributed by atoms with Gasteiger partial charge in [-0.15, -0.1) is 0 Å². The molecule has 0 heterocycles. The van der Waals surface area contributed by atoms with Gasteiger partial charge < -0.3 is 5.32 Å². The van der Waals surface area contributed by atoms with Crippen LogP contribution in [0.5, 0.6) is 0 Å². The predicted octanol–water partition coefficient (Wildman–Crippen LogP) is 2.56. The fourth-order valence-electron chi connectivity index (χ4n) is 1.54. The quantitative estimate of drug-likeness (QED) is 0.643. The topological polar surface area (TPSA) is 12.0 Å². The van der Waals surface area contributed by atoms with E-state index in [-0.39, 0.29) is 0 Å². The average Bonchev–Trinajstić information content (AvgIpc) is 2.71. The zero-order valence-electron chi connectivity index (χ0n) is 8.11. The van der Waals surface area contributed by atoms with Gasteiger partial charge in [-0.2, -0.15) is 0 Å². The second-order valence-electron chi connectivity index (χ2n) is 4.24. The Morgan fingerprint density at radius 1 is 1.45 bits per heavy atom. The molecular weight excluding hydrogens is 134 g/mol. The maximum Gasteiger partial charge on any atom is 0.00616 e. The van der Waals surface area contributed by atoms with Gasteiger partial charge in [-0.1, -0.05) is 13.8 Å². The van der Waals surface area contributed by atoms with Gasteiger partial charge in [0, 0.05) is 6.04 Å². The number of nitrogens with one attached hydrogen (secondary N) is 1. The molecule has 0 spiro atoms. The van der Waals surface area contributed by atoms with Crippen molar-refractivity contribution in [2.45, 2.75) is 52.0 Å². The molecule has 0 aromatic rings. The number of hydrogen-bond acceptors (Lipinski definition) is 1. The lowest BCUT2D eigenvalue weighted by Gasteiger charge is -2.15. The van der Waals surface area contributed by atoms with Crippen LogP contribution in [-0.2, 0) is 0 Å². The summed E-state index contributed by atoms with van der Waals surface area (Å²) in [6, 6.07) is 0.757. The summed E-state index contributed by atoms with van der Waals surface area (Å²) in [5.41, 5.74) is 0.740. The molecule has 1 aliphatic rings. The zero-order chi connectivity index (χ0) is 8.32. The van der Waals surface area contributed by atoms with Crippen LogP contribution in [0.15, 0.2) is 0 Å². The first-order chi connectivity index (χ1) is 5.20. The van der Waals surface area contributed by atoms with E-state index in [4.69, 9.17) is 0 Å². The molecule has 66 valence electrons. The van der Waals surface area contributed by atoms with E-state index >= 15 is 0 Å². The molecule has 0 radical (unpaired) electrons. The van der Waals surface area contributed by atoms with Crippen molar-refractivity contribution < 1.29 is 0 Å². The third-order valence-corrected chi connectivity index (χ3v) is 3.10. The molecule has 0 aliphatic heterocycles. The maximum absolute atomic E-state index is 3.35. The summed E-state index contributed by atoms with van der Waals surface area (Å²) >= 11 is 0. The van der Waals surface area contributed by atoms with E-state index < -0.39 is 0 Å². The Hall–Kier alpha value is -0.0400. The van der Waals surface area contributed by atoms with E-state index in [0.717, 1.165) is 11.5 Å². The average molecular weight is 155 g/mol. The lowest BCUT2D eigenvalue weighted by Crippen LogP contribution is -2.24. The molecule has 11 heavy (non-hydrogen) atoms. The SMILES string of the molecule is CC[C@@H](CCC1(C)CC1)NC. The predicted molar refractivity (Wildman–Crippen MR) is 49.7 cm³/mol. The lowest BCUT2D eigenvalue weighted by molar-refractivity contribution is 0.415. The van der Waals surface area contributed by atoms with Crippen LogP contribution >= 0.6 is 0 Å². The van der Waals surface area contributed by atoms with Crippen molar-refractivity contribution in [3.8, 4) is 0 Å². The van der Waals surface area contributed by atoms with Crippen LogP contribution in [-0.4, -0.2) is 13.1 Å². The van der Waals surface area contributed by atoms with Crippen LogP contribution < -0.4 is 5.32 Å². The Labute approximate surface area is 70.6 Å². The third-order valence-electron chi connectivity index (χ3n) is 3.10. The highest BCUT2D eigenvalue weighted by atomic mass is 14.9. The van der Waals surface area contributed by atoms with Crippen LogP contribution in [0.2, 0.25) is 0 Å². The summed E-state index contributed by atoms with van der Waals surface area (Å²) in [6.45, 7) is 4.67. The van der Waals surface area contributed by atoms with Crippen molar-refractivity contribution in [1.29, 1.82) is 0 Å². The zero-order valence-corrected chi connectivity index (χ0v) is 8.11. The van der Waals surface area contributed by atoms with Crippen LogP contribution in [0.3, 0.4) is 0 Å². The van der Waals surface area contributed by atoms with Crippen LogP contribution in [0.1, 0.15) is 46.0 Å². The Balaban J connectivity index is 2.09. The van der Waals surface area contributed by atoms with Gasteiger partial charge in [-0.05, 0) is 44.6 Å². The molecule has 1 saturated carbocycles. The fourth-order valence-corrected chi connectivity index (χ4v) is 1.54. The molecule has 1 aliphatic carbocycles. The minimum Gasteiger partial charge on any atom is -0.317 e. The molecule has 0 bridgehead atoms. The van der Waals surface area contributed by atoms with E-state index in [1.54, 1.807) is 0 Å². The summed E-state index contributed by atoms with van der Waals surface area (Å²) in [6.07, 6.45) is 6.99. The lowest BCUT2D eigenvalue weighted by atomic mass is 9.98. The number of hydrogen-bond donors (Lipinski definition) is 1. The normalized spacial score (nSPS) is 23.2. The number of rotatable bonds is 5.